The van der Waals surface area contributed by atoms with Crippen LogP contribution in [0, 0.1) is 0 Å². The Labute approximate surface area is 128 Å². The van der Waals surface area contributed by atoms with Gasteiger partial charge in [-0.2, -0.15) is 0 Å². The van der Waals surface area contributed by atoms with Gasteiger partial charge in [-0.3, -0.25) is 9.59 Å². The lowest BCUT2D eigenvalue weighted by molar-refractivity contribution is -0.140. The summed E-state index contributed by atoms with van der Waals surface area (Å²) in [5.74, 6) is -0.269. The van der Waals surface area contributed by atoms with Gasteiger partial charge in [0.05, 0.1) is 6.61 Å². The zero-order valence-corrected chi connectivity index (χ0v) is 13.6. The Hall–Kier alpha value is -1.64. The van der Waals surface area contributed by atoms with E-state index in [1.54, 1.807) is 12.1 Å². The molecule has 0 radical (unpaired) electrons. The maximum absolute atomic E-state index is 10.5. The van der Waals surface area contributed by atoms with Gasteiger partial charge < -0.3 is 4.74 Å². The van der Waals surface area contributed by atoms with Crippen molar-refractivity contribution in [1.82, 2.24) is 0 Å². The fourth-order valence-electron chi connectivity index (χ4n) is 1.75. The van der Waals surface area contributed by atoms with Gasteiger partial charge in [0.15, 0.2) is 0 Å². The van der Waals surface area contributed by atoms with Gasteiger partial charge in [-0.25, -0.2) is 0 Å². The van der Waals surface area contributed by atoms with Gasteiger partial charge in [0.25, 0.3) is 0 Å². The Morgan fingerprint density at radius 1 is 1.05 bits per heavy atom. The Morgan fingerprint density at radius 3 is 2.05 bits per heavy atom. The van der Waals surface area contributed by atoms with Gasteiger partial charge in [0.2, 0.25) is 0 Å². The van der Waals surface area contributed by atoms with Gasteiger partial charge in [0.1, 0.15) is 6.29 Å². The van der Waals surface area contributed by atoms with E-state index in [1.165, 1.54) is 39.0 Å². The van der Waals surface area contributed by atoms with Gasteiger partial charge >= 0.3 is 5.97 Å². The minimum atomic E-state index is -0.269. The van der Waals surface area contributed by atoms with Crippen molar-refractivity contribution in [2.75, 3.05) is 6.61 Å². The molecule has 0 aliphatic heterocycles. The number of benzene rings is 1. The topological polar surface area (TPSA) is 43.4 Å². The summed E-state index contributed by atoms with van der Waals surface area (Å²) >= 11 is 0. The van der Waals surface area contributed by atoms with E-state index in [1.807, 2.05) is 12.1 Å². The highest BCUT2D eigenvalue weighted by molar-refractivity contribution is 5.74. The van der Waals surface area contributed by atoms with Crippen LogP contribution in [-0.4, -0.2) is 18.9 Å². The second-order valence-corrected chi connectivity index (χ2v) is 5.01. The molecule has 118 valence electrons. The zero-order valence-electron chi connectivity index (χ0n) is 13.6. The molecule has 0 aliphatic rings. The maximum atomic E-state index is 10.5. The first-order chi connectivity index (χ1) is 10.1. The van der Waals surface area contributed by atoms with Gasteiger partial charge in [-0.1, -0.05) is 70.2 Å². The monoisotopic (exact) mass is 292 g/mol. The number of unbranched alkanes of at least 4 members (excludes halogenated alkanes) is 4. The number of aldehydes is 1. The third-order valence-electron chi connectivity index (χ3n) is 3.02. The molecule has 3 nitrogen and oxygen atoms in total. The SMILES string of the molecule is CC(=O)OCCc1ccc(C=O)cc1.CCCCCCC. The Morgan fingerprint density at radius 2 is 1.62 bits per heavy atom. The van der Waals surface area contributed by atoms with Crippen molar-refractivity contribution in [1.29, 1.82) is 0 Å². The van der Waals surface area contributed by atoms with E-state index in [0.29, 0.717) is 18.6 Å². The number of esters is 1. The van der Waals surface area contributed by atoms with Crippen LogP contribution in [0.25, 0.3) is 0 Å². The lowest BCUT2D eigenvalue weighted by Gasteiger charge is -2.01. The Bertz CT molecular complexity index is 378. The number of hydrogen-bond donors (Lipinski definition) is 0. The molecule has 0 aliphatic carbocycles. The molecule has 0 amide bonds. The maximum Gasteiger partial charge on any atom is 0.302 e. The lowest BCUT2D eigenvalue weighted by Crippen LogP contribution is -2.03. The summed E-state index contributed by atoms with van der Waals surface area (Å²) in [6.45, 7) is 6.26. The summed E-state index contributed by atoms with van der Waals surface area (Å²) in [5, 5.41) is 0. The highest BCUT2D eigenvalue weighted by Gasteiger charge is 1.96. The number of carbonyl (C=O) groups is 2. The molecular weight excluding hydrogens is 264 g/mol. The molecule has 0 unspecified atom stereocenters. The number of ether oxygens (including phenoxy) is 1. The summed E-state index contributed by atoms with van der Waals surface area (Å²) in [6.07, 6.45) is 8.49. The largest absolute Gasteiger partial charge is 0.466 e. The van der Waals surface area contributed by atoms with Gasteiger partial charge in [-0.05, 0) is 5.56 Å². The third-order valence-corrected chi connectivity index (χ3v) is 3.02. The third kappa shape index (κ3) is 11.9. The predicted octanol–water partition coefficient (Wildman–Crippen LogP) is 4.58. The molecule has 0 saturated carbocycles. The van der Waals surface area contributed by atoms with Crippen LogP contribution in [0.1, 0.15) is 68.8 Å². The molecule has 0 bridgehead atoms. The Balaban J connectivity index is 0.000000486. The highest BCUT2D eigenvalue weighted by Crippen LogP contribution is 2.03. The first kappa shape index (κ1) is 19.4. The first-order valence-corrected chi connectivity index (χ1v) is 7.81. The van der Waals surface area contributed by atoms with Crippen LogP contribution in [0.15, 0.2) is 24.3 Å². The van der Waals surface area contributed by atoms with Crippen molar-refractivity contribution >= 4 is 12.3 Å². The molecule has 0 atom stereocenters. The van der Waals surface area contributed by atoms with Crippen molar-refractivity contribution in [3.05, 3.63) is 35.4 Å². The number of hydrogen-bond acceptors (Lipinski definition) is 3. The van der Waals surface area contributed by atoms with E-state index < -0.39 is 0 Å². The molecule has 0 fully saturated rings. The number of carbonyl (C=O) groups excluding carboxylic acids is 2. The highest BCUT2D eigenvalue weighted by atomic mass is 16.5. The molecule has 1 aromatic rings. The molecule has 0 heterocycles. The van der Waals surface area contributed by atoms with Crippen LogP contribution in [0.2, 0.25) is 0 Å². The van der Waals surface area contributed by atoms with Gasteiger partial charge in [-0.15, -0.1) is 0 Å². The molecule has 21 heavy (non-hydrogen) atoms. The van der Waals surface area contributed by atoms with Crippen molar-refractivity contribution in [2.24, 2.45) is 0 Å². The molecule has 1 rings (SSSR count). The smallest absolute Gasteiger partial charge is 0.302 e. The van der Waals surface area contributed by atoms with Gasteiger partial charge in [0, 0.05) is 18.9 Å². The standard InChI is InChI=1S/C11H12O3.C7H16/c1-9(13)14-7-6-10-2-4-11(8-12)5-3-10;1-3-5-7-6-4-2/h2-5,8H,6-7H2,1H3;3-7H2,1-2H3. The van der Waals surface area contributed by atoms with E-state index in [9.17, 15) is 9.59 Å². The summed E-state index contributed by atoms with van der Waals surface area (Å²) < 4.78 is 4.79. The number of rotatable bonds is 8. The first-order valence-electron chi connectivity index (χ1n) is 7.81. The average molecular weight is 292 g/mol. The van der Waals surface area contributed by atoms with Crippen LogP contribution < -0.4 is 0 Å². The lowest BCUT2D eigenvalue weighted by atomic mass is 10.1. The summed E-state index contributed by atoms with van der Waals surface area (Å²) in [5.41, 5.74) is 1.71. The van der Waals surface area contributed by atoms with E-state index >= 15 is 0 Å². The fourth-order valence-corrected chi connectivity index (χ4v) is 1.75. The van der Waals surface area contributed by atoms with E-state index in [2.05, 4.69) is 13.8 Å². The van der Waals surface area contributed by atoms with Crippen LogP contribution in [-0.2, 0) is 16.0 Å². The van der Waals surface area contributed by atoms with Crippen molar-refractivity contribution < 1.29 is 14.3 Å². The summed E-state index contributed by atoms with van der Waals surface area (Å²) in [7, 11) is 0. The van der Waals surface area contributed by atoms with Crippen LogP contribution in [0.3, 0.4) is 0 Å². The molecule has 0 aromatic heterocycles. The predicted molar refractivity (Wildman–Crippen MR) is 86.6 cm³/mol. The minimum Gasteiger partial charge on any atom is -0.466 e. The Kier molecular flexibility index (Phi) is 12.3. The minimum absolute atomic E-state index is 0.269. The quantitative estimate of drug-likeness (QED) is 0.400. The van der Waals surface area contributed by atoms with Crippen LogP contribution in [0.5, 0.6) is 0 Å². The summed E-state index contributed by atoms with van der Waals surface area (Å²) in [6, 6.07) is 7.20. The average Bonchev–Trinajstić information content (AvgIpc) is 2.49. The second kappa shape index (κ2) is 13.3. The molecular formula is C18H28O3. The zero-order chi connectivity index (χ0) is 15.9. The normalized spacial score (nSPS) is 9.48. The molecule has 0 N–H and O–H groups in total. The fraction of sp³-hybridized carbons (Fsp3) is 0.556. The van der Waals surface area contributed by atoms with Crippen molar-refractivity contribution in [2.45, 2.75) is 59.3 Å². The molecule has 3 heteroatoms. The van der Waals surface area contributed by atoms with Crippen LogP contribution in [0.4, 0.5) is 0 Å². The molecule has 0 saturated heterocycles. The molecule has 1 aromatic carbocycles. The van der Waals surface area contributed by atoms with E-state index in [-0.39, 0.29) is 5.97 Å². The van der Waals surface area contributed by atoms with Crippen molar-refractivity contribution in [3.63, 3.8) is 0 Å². The van der Waals surface area contributed by atoms with E-state index in [4.69, 9.17) is 4.74 Å². The van der Waals surface area contributed by atoms with Crippen LogP contribution >= 0.6 is 0 Å². The molecule has 0 spiro atoms. The second-order valence-electron chi connectivity index (χ2n) is 5.01. The van der Waals surface area contributed by atoms with Crippen molar-refractivity contribution in [3.8, 4) is 0 Å². The van der Waals surface area contributed by atoms with E-state index in [0.717, 1.165) is 11.8 Å². The summed E-state index contributed by atoms with van der Waals surface area (Å²) in [4.78, 5) is 20.8.